The molecule has 4 aliphatic carbocycles. The van der Waals surface area contributed by atoms with Gasteiger partial charge in [-0.3, -0.25) is 4.79 Å². The lowest BCUT2D eigenvalue weighted by Gasteiger charge is -2.60. The Bertz CT molecular complexity index is 552. The summed E-state index contributed by atoms with van der Waals surface area (Å²) in [6.45, 7) is 5.25. The predicted octanol–water partition coefficient (Wildman–Crippen LogP) is 6.54. The number of carbonyl (C=O) groups is 1. The van der Waals surface area contributed by atoms with E-state index in [1.807, 2.05) is 0 Å². The molecular weight excluding hydrogens is 332 g/mol. The SMILES string of the molecule is C#C.C[C@]12CCC3[C@@H](CC[C@@H]4CCCC[C@]34C)C1CC[C@@H]2CCCC(=O)O. The monoisotopic (exact) mass is 372 g/mol. The van der Waals surface area contributed by atoms with Gasteiger partial charge in [-0.05, 0) is 105 Å². The van der Waals surface area contributed by atoms with Crippen LogP contribution in [0.25, 0.3) is 0 Å². The van der Waals surface area contributed by atoms with Gasteiger partial charge in [0.1, 0.15) is 0 Å². The van der Waals surface area contributed by atoms with Crippen molar-refractivity contribution in [3.63, 3.8) is 0 Å². The fourth-order valence-electron chi connectivity index (χ4n) is 8.38. The first-order valence-electron chi connectivity index (χ1n) is 11.5. The van der Waals surface area contributed by atoms with Crippen molar-refractivity contribution in [2.75, 3.05) is 0 Å². The molecule has 0 saturated heterocycles. The molecule has 0 aromatic carbocycles. The van der Waals surface area contributed by atoms with Gasteiger partial charge in [-0.15, -0.1) is 12.8 Å². The van der Waals surface area contributed by atoms with Gasteiger partial charge < -0.3 is 5.11 Å². The smallest absolute Gasteiger partial charge is 0.303 e. The Labute approximate surface area is 166 Å². The number of rotatable bonds is 4. The zero-order valence-electron chi connectivity index (χ0n) is 17.6. The highest BCUT2D eigenvalue weighted by Crippen LogP contribution is 2.67. The van der Waals surface area contributed by atoms with Gasteiger partial charge in [0, 0.05) is 6.42 Å². The lowest BCUT2D eigenvalue weighted by molar-refractivity contribution is -0.137. The van der Waals surface area contributed by atoms with E-state index >= 15 is 0 Å². The van der Waals surface area contributed by atoms with Crippen LogP contribution in [0, 0.1) is 53.3 Å². The van der Waals surface area contributed by atoms with E-state index in [0.29, 0.717) is 17.3 Å². The summed E-state index contributed by atoms with van der Waals surface area (Å²) >= 11 is 0. The number of carboxylic acid groups (broad SMARTS) is 1. The highest BCUT2D eigenvalue weighted by Gasteiger charge is 2.59. The van der Waals surface area contributed by atoms with Crippen LogP contribution in [0.5, 0.6) is 0 Å². The van der Waals surface area contributed by atoms with E-state index in [4.69, 9.17) is 5.11 Å². The molecule has 4 fully saturated rings. The van der Waals surface area contributed by atoms with E-state index in [1.165, 1.54) is 64.2 Å². The van der Waals surface area contributed by atoms with Crippen molar-refractivity contribution in [3.8, 4) is 12.8 Å². The molecule has 0 aromatic heterocycles. The summed E-state index contributed by atoms with van der Waals surface area (Å²) in [5, 5.41) is 8.98. The van der Waals surface area contributed by atoms with Gasteiger partial charge in [0.25, 0.3) is 0 Å². The van der Waals surface area contributed by atoms with Crippen molar-refractivity contribution >= 4 is 5.97 Å². The Hall–Kier alpha value is -0.970. The quantitative estimate of drug-likeness (QED) is 0.569. The van der Waals surface area contributed by atoms with Crippen LogP contribution in [0.4, 0.5) is 0 Å². The van der Waals surface area contributed by atoms with Crippen molar-refractivity contribution in [1.29, 1.82) is 0 Å². The van der Waals surface area contributed by atoms with E-state index in [0.717, 1.165) is 42.4 Å². The topological polar surface area (TPSA) is 37.3 Å². The second-order valence-corrected chi connectivity index (χ2v) is 10.5. The lowest BCUT2D eigenvalue weighted by Crippen LogP contribution is -2.52. The summed E-state index contributed by atoms with van der Waals surface area (Å²) in [5.74, 6) is 4.08. The number of terminal acetylenes is 1. The van der Waals surface area contributed by atoms with E-state index in [2.05, 4.69) is 26.7 Å². The summed E-state index contributed by atoms with van der Waals surface area (Å²) in [6, 6.07) is 0. The fourth-order valence-corrected chi connectivity index (χ4v) is 8.38. The predicted molar refractivity (Wildman–Crippen MR) is 111 cm³/mol. The van der Waals surface area contributed by atoms with E-state index in [9.17, 15) is 4.79 Å². The number of carboxylic acids is 1. The third kappa shape index (κ3) is 3.56. The van der Waals surface area contributed by atoms with E-state index in [1.54, 1.807) is 0 Å². The van der Waals surface area contributed by atoms with Gasteiger partial charge in [0.2, 0.25) is 0 Å². The van der Waals surface area contributed by atoms with Crippen molar-refractivity contribution in [3.05, 3.63) is 0 Å². The molecule has 0 bridgehead atoms. The molecule has 0 spiro atoms. The van der Waals surface area contributed by atoms with E-state index in [-0.39, 0.29) is 0 Å². The maximum absolute atomic E-state index is 10.9. The van der Waals surface area contributed by atoms with Crippen LogP contribution in [0.15, 0.2) is 0 Å². The summed E-state index contributed by atoms with van der Waals surface area (Å²) in [6.07, 6.45) is 25.0. The molecule has 152 valence electrons. The highest BCUT2D eigenvalue weighted by atomic mass is 16.4. The molecule has 4 rings (SSSR count). The molecule has 27 heavy (non-hydrogen) atoms. The zero-order valence-corrected chi connectivity index (χ0v) is 17.6. The molecule has 0 heterocycles. The third-order valence-electron chi connectivity index (χ3n) is 9.72. The summed E-state index contributed by atoms with van der Waals surface area (Å²) < 4.78 is 0. The highest BCUT2D eigenvalue weighted by molar-refractivity contribution is 5.66. The van der Waals surface area contributed by atoms with Crippen LogP contribution in [0.3, 0.4) is 0 Å². The van der Waals surface area contributed by atoms with E-state index < -0.39 is 5.97 Å². The lowest BCUT2D eigenvalue weighted by atomic mass is 9.45. The molecule has 1 N–H and O–H groups in total. The second-order valence-electron chi connectivity index (χ2n) is 10.5. The van der Waals surface area contributed by atoms with Crippen molar-refractivity contribution in [1.82, 2.24) is 0 Å². The third-order valence-corrected chi connectivity index (χ3v) is 9.72. The molecule has 4 saturated carbocycles. The maximum Gasteiger partial charge on any atom is 0.303 e. The molecule has 7 atom stereocenters. The average Bonchev–Trinajstić information content (AvgIpc) is 2.99. The Morgan fingerprint density at radius 1 is 0.926 bits per heavy atom. The minimum Gasteiger partial charge on any atom is -0.481 e. The Kier molecular flexibility index (Phi) is 6.29. The number of hydrogen-bond donors (Lipinski definition) is 1. The van der Waals surface area contributed by atoms with Crippen molar-refractivity contribution in [2.45, 2.75) is 97.3 Å². The van der Waals surface area contributed by atoms with Crippen LogP contribution < -0.4 is 0 Å². The molecule has 0 amide bonds. The maximum atomic E-state index is 10.9. The fraction of sp³-hybridized carbons (Fsp3) is 0.880. The second kappa shape index (κ2) is 8.18. The van der Waals surface area contributed by atoms with Crippen molar-refractivity contribution in [2.24, 2.45) is 40.4 Å². The zero-order chi connectivity index (χ0) is 19.7. The molecular formula is C25H40O2. The normalized spacial score (nSPS) is 45.6. The van der Waals surface area contributed by atoms with Gasteiger partial charge in [0.05, 0.1) is 0 Å². The standard InChI is InChI=1S/C23H38O2.C2H2/c1-22-14-4-3-6-16(22)9-11-18-19-12-10-17(7-5-8-21(24)25)23(19,2)15-13-20(18)22;1-2/h16-20H,3-15H2,1-2H3,(H,24,25);1-2H/t16-,17-,18-,19?,20?,22-,23+;/m0./s1. The molecule has 4 aliphatic rings. The number of fused-ring (bicyclic) bond motifs is 5. The minimum atomic E-state index is -0.619. The first-order valence-corrected chi connectivity index (χ1v) is 11.5. The minimum absolute atomic E-state index is 0.364. The van der Waals surface area contributed by atoms with Gasteiger partial charge >= 0.3 is 5.97 Å². The number of hydrogen-bond acceptors (Lipinski definition) is 1. The van der Waals surface area contributed by atoms with Crippen LogP contribution in [-0.2, 0) is 4.79 Å². The molecule has 0 aliphatic heterocycles. The Morgan fingerprint density at radius 3 is 2.41 bits per heavy atom. The molecule has 2 unspecified atom stereocenters. The molecule has 0 aromatic rings. The summed E-state index contributed by atoms with van der Waals surface area (Å²) in [5.41, 5.74) is 1.15. The average molecular weight is 373 g/mol. The van der Waals surface area contributed by atoms with Crippen LogP contribution in [0.1, 0.15) is 97.3 Å². The molecule has 2 nitrogen and oxygen atoms in total. The van der Waals surface area contributed by atoms with Crippen molar-refractivity contribution < 1.29 is 9.90 Å². The van der Waals surface area contributed by atoms with Crippen LogP contribution >= 0.6 is 0 Å². The van der Waals surface area contributed by atoms with Gasteiger partial charge in [0.15, 0.2) is 0 Å². The van der Waals surface area contributed by atoms with Gasteiger partial charge in [-0.2, -0.15) is 0 Å². The molecule has 2 heteroatoms. The van der Waals surface area contributed by atoms with Crippen LogP contribution in [0.2, 0.25) is 0 Å². The first kappa shape index (κ1) is 20.8. The Morgan fingerprint density at radius 2 is 1.67 bits per heavy atom. The number of aliphatic carboxylic acids is 1. The Balaban J connectivity index is 0.00000102. The summed E-state index contributed by atoms with van der Waals surface area (Å²) in [7, 11) is 0. The van der Waals surface area contributed by atoms with Gasteiger partial charge in [-0.1, -0.05) is 26.7 Å². The largest absolute Gasteiger partial charge is 0.481 e. The summed E-state index contributed by atoms with van der Waals surface area (Å²) in [4.78, 5) is 10.9. The molecule has 0 radical (unpaired) electrons. The van der Waals surface area contributed by atoms with Gasteiger partial charge in [-0.25, -0.2) is 0 Å². The van der Waals surface area contributed by atoms with Crippen LogP contribution in [-0.4, -0.2) is 11.1 Å². The first-order chi connectivity index (χ1) is 12.9.